The van der Waals surface area contributed by atoms with E-state index < -0.39 is 5.41 Å². The lowest BCUT2D eigenvalue weighted by molar-refractivity contribution is 0.434. The van der Waals surface area contributed by atoms with Crippen LogP contribution in [-0.2, 0) is 5.41 Å². The van der Waals surface area contributed by atoms with Crippen molar-refractivity contribution in [1.29, 1.82) is 5.41 Å². The van der Waals surface area contributed by atoms with Crippen molar-refractivity contribution in [3.05, 3.63) is 203 Å². The Bertz CT molecular complexity index is 2350. The third-order valence-electron chi connectivity index (χ3n) is 9.51. The van der Waals surface area contributed by atoms with Crippen molar-refractivity contribution >= 4 is 17.6 Å². The molecule has 1 spiro atoms. The zero-order valence-corrected chi connectivity index (χ0v) is 26.0. The van der Waals surface area contributed by atoms with Crippen LogP contribution in [0.1, 0.15) is 39.1 Å². The molecule has 0 bridgehead atoms. The Morgan fingerprint density at radius 3 is 2.04 bits per heavy atom. The number of hydrogen-bond donors (Lipinski definition) is 1. The van der Waals surface area contributed by atoms with Crippen molar-refractivity contribution in [2.45, 2.75) is 5.41 Å². The van der Waals surface area contributed by atoms with Crippen LogP contribution in [0.15, 0.2) is 169 Å². The van der Waals surface area contributed by atoms with E-state index >= 15 is 0 Å². The van der Waals surface area contributed by atoms with Crippen LogP contribution in [0.3, 0.4) is 0 Å². The second-order valence-corrected chi connectivity index (χ2v) is 12.1. The van der Waals surface area contributed by atoms with Crippen LogP contribution in [0.2, 0.25) is 0 Å². The van der Waals surface area contributed by atoms with Gasteiger partial charge in [0.2, 0.25) is 0 Å². The maximum atomic E-state index is 8.78. The topological polar surface area (TPSA) is 58.3 Å². The smallest absolute Gasteiger partial charge is 0.132 e. The van der Waals surface area contributed by atoms with Gasteiger partial charge in [-0.25, -0.2) is 0 Å². The molecule has 4 nitrogen and oxygen atoms in total. The molecule has 1 aliphatic carbocycles. The highest BCUT2D eigenvalue weighted by Gasteiger charge is 2.52. The zero-order valence-electron chi connectivity index (χ0n) is 26.0. The number of aliphatic imine (C=N–C) groups is 1. The number of nitrogens with one attached hydrogen (secondary N) is 1. The molecule has 0 fully saturated rings. The Morgan fingerprint density at radius 2 is 1.27 bits per heavy atom. The molecule has 1 aromatic heterocycles. The van der Waals surface area contributed by atoms with E-state index in [0.29, 0.717) is 5.71 Å². The van der Waals surface area contributed by atoms with Crippen molar-refractivity contribution in [1.82, 2.24) is 4.98 Å². The summed E-state index contributed by atoms with van der Waals surface area (Å²) in [4.78, 5) is 9.87. The zero-order chi connectivity index (χ0) is 32.1. The molecule has 1 aliphatic heterocycles. The number of fused-ring (bicyclic) bond motifs is 9. The molecule has 7 aromatic rings. The van der Waals surface area contributed by atoms with E-state index in [4.69, 9.17) is 20.1 Å². The van der Waals surface area contributed by atoms with Crippen LogP contribution in [0, 0.1) is 5.41 Å². The highest BCUT2D eigenvalue weighted by molar-refractivity contribution is 6.14. The fraction of sp³-hybridized carbons (Fsp3) is 0.0227. The fourth-order valence-electron chi connectivity index (χ4n) is 7.32. The third-order valence-corrected chi connectivity index (χ3v) is 9.51. The molecule has 0 unspecified atom stereocenters. The Morgan fingerprint density at radius 1 is 0.604 bits per heavy atom. The molecule has 226 valence electrons. The Labute approximate surface area is 279 Å². The van der Waals surface area contributed by atoms with Crippen LogP contribution < -0.4 is 4.74 Å². The predicted molar refractivity (Wildman–Crippen MR) is 193 cm³/mol. The highest BCUT2D eigenvalue weighted by Crippen LogP contribution is 2.61. The lowest BCUT2D eigenvalue weighted by atomic mass is 9.67. The number of nitrogens with zero attached hydrogens (tertiary/aromatic N) is 2. The molecule has 48 heavy (non-hydrogen) atoms. The number of aromatic nitrogens is 1. The summed E-state index contributed by atoms with van der Waals surface area (Å²) in [5, 5.41) is 8.78. The lowest BCUT2D eigenvalue weighted by Crippen LogP contribution is -2.33. The summed E-state index contributed by atoms with van der Waals surface area (Å²) in [6.45, 7) is 0. The standard InChI is InChI=1S/C44H29N3O/c45-42(31-11-2-1-3-12-31)35-13-4-7-17-39(35)47-28-29-20-22-30(23-21-29)32-24-25-33-34-14-10-26-46-43(34)44(38(33)27-32)36-15-5-8-18-40(36)48-41-19-9-6-16-37(41)44/h1-28,45H/b45-42?,47-28+. The number of hydrogen-bond acceptors (Lipinski definition) is 4. The molecule has 6 aromatic carbocycles. The van der Waals surface area contributed by atoms with Gasteiger partial charge >= 0.3 is 0 Å². The van der Waals surface area contributed by atoms with Gasteiger partial charge in [0.1, 0.15) is 11.5 Å². The molecular weight excluding hydrogens is 587 g/mol. The molecule has 4 heteroatoms. The van der Waals surface area contributed by atoms with Gasteiger partial charge in [0.15, 0.2) is 0 Å². The second kappa shape index (κ2) is 11.1. The molecule has 0 radical (unpaired) electrons. The van der Waals surface area contributed by atoms with E-state index in [-0.39, 0.29) is 0 Å². The van der Waals surface area contributed by atoms with Crippen LogP contribution in [-0.4, -0.2) is 16.9 Å². The Hall–Kier alpha value is -6.39. The summed E-state index contributed by atoms with van der Waals surface area (Å²) >= 11 is 0. The predicted octanol–water partition coefficient (Wildman–Crippen LogP) is 10.4. The number of rotatable bonds is 5. The molecule has 2 aliphatic rings. The average molecular weight is 616 g/mol. The van der Waals surface area contributed by atoms with E-state index in [1.807, 2.05) is 85.2 Å². The number of ether oxygens (including phenoxy) is 1. The molecule has 1 N–H and O–H groups in total. The van der Waals surface area contributed by atoms with Gasteiger partial charge in [0, 0.05) is 40.2 Å². The number of benzene rings is 6. The minimum Gasteiger partial charge on any atom is -0.457 e. The number of pyridine rings is 1. The maximum absolute atomic E-state index is 8.78. The van der Waals surface area contributed by atoms with Crippen LogP contribution in [0.5, 0.6) is 11.5 Å². The highest BCUT2D eigenvalue weighted by atomic mass is 16.5. The average Bonchev–Trinajstić information content (AvgIpc) is 3.44. The van der Waals surface area contributed by atoms with Crippen molar-refractivity contribution in [3.63, 3.8) is 0 Å². The molecule has 0 saturated carbocycles. The monoisotopic (exact) mass is 615 g/mol. The first-order valence-corrected chi connectivity index (χ1v) is 16.1. The first-order chi connectivity index (χ1) is 23.7. The summed E-state index contributed by atoms with van der Waals surface area (Å²) < 4.78 is 6.47. The maximum Gasteiger partial charge on any atom is 0.132 e. The Balaban J connectivity index is 1.11. The minimum atomic E-state index is -0.596. The Kier molecular flexibility index (Phi) is 6.47. The molecule has 0 atom stereocenters. The van der Waals surface area contributed by atoms with Gasteiger partial charge in [-0.1, -0.05) is 127 Å². The SMILES string of the molecule is N=C(c1ccccc1)c1ccccc1/N=C/c1ccc(-c2ccc3c(c2)C2(c4ccccc4Oc4ccccc42)c2ncccc2-3)cc1. The van der Waals surface area contributed by atoms with Crippen LogP contribution in [0.4, 0.5) is 5.69 Å². The van der Waals surface area contributed by atoms with Gasteiger partial charge in [-0.3, -0.25) is 15.4 Å². The first-order valence-electron chi connectivity index (χ1n) is 16.1. The minimum absolute atomic E-state index is 0.459. The summed E-state index contributed by atoms with van der Waals surface area (Å²) in [7, 11) is 0. The molecule has 0 amide bonds. The summed E-state index contributed by atoms with van der Waals surface area (Å²) in [5.74, 6) is 1.71. The first kappa shape index (κ1) is 27.9. The van der Waals surface area contributed by atoms with E-state index in [2.05, 4.69) is 84.9 Å². The van der Waals surface area contributed by atoms with Gasteiger partial charge in [0.05, 0.1) is 22.5 Å². The van der Waals surface area contributed by atoms with Gasteiger partial charge in [0.25, 0.3) is 0 Å². The van der Waals surface area contributed by atoms with E-state index in [1.165, 1.54) is 11.1 Å². The van der Waals surface area contributed by atoms with Gasteiger partial charge in [-0.2, -0.15) is 0 Å². The van der Waals surface area contributed by atoms with Gasteiger partial charge in [-0.05, 0) is 58.1 Å². The van der Waals surface area contributed by atoms with E-state index in [0.717, 1.165) is 67.4 Å². The van der Waals surface area contributed by atoms with E-state index in [9.17, 15) is 0 Å². The van der Waals surface area contributed by atoms with E-state index in [1.54, 1.807) is 0 Å². The van der Waals surface area contributed by atoms with Crippen molar-refractivity contribution < 1.29 is 4.74 Å². The van der Waals surface area contributed by atoms with Crippen LogP contribution in [0.25, 0.3) is 22.3 Å². The van der Waals surface area contributed by atoms with Gasteiger partial charge < -0.3 is 4.74 Å². The number of para-hydroxylation sites is 3. The molecular formula is C44H29N3O. The summed E-state index contributed by atoms with van der Waals surface area (Å²) in [6.07, 6.45) is 3.77. The van der Waals surface area contributed by atoms with Gasteiger partial charge in [-0.15, -0.1) is 0 Å². The van der Waals surface area contributed by atoms with Crippen molar-refractivity contribution in [2.24, 2.45) is 4.99 Å². The second-order valence-electron chi connectivity index (χ2n) is 12.1. The third kappa shape index (κ3) is 4.27. The quantitative estimate of drug-likeness (QED) is 0.196. The van der Waals surface area contributed by atoms with Crippen LogP contribution >= 0.6 is 0 Å². The van der Waals surface area contributed by atoms with Crippen molar-refractivity contribution in [2.75, 3.05) is 0 Å². The molecule has 0 saturated heterocycles. The lowest BCUT2D eigenvalue weighted by Gasteiger charge is -2.38. The molecule has 2 heterocycles. The summed E-state index contributed by atoms with van der Waals surface area (Å²) in [5.41, 5.74) is 12.3. The largest absolute Gasteiger partial charge is 0.457 e. The fourth-order valence-corrected chi connectivity index (χ4v) is 7.32. The summed E-state index contributed by atoms with van der Waals surface area (Å²) in [6, 6.07) is 53.8. The normalized spacial score (nSPS) is 13.3. The van der Waals surface area contributed by atoms with Crippen molar-refractivity contribution in [3.8, 4) is 33.8 Å². The molecule has 9 rings (SSSR count).